The van der Waals surface area contributed by atoms with Gasteiger partial charge in [0.2, 0.25) is 5.91 Å². The van der Waals surface area contributed by atoms with Crippen LogP contribution in [0.1, 0.15) is 54.6 Å². The Morgan fingerprint density at radius 3 is 2.82 bits per heavy atom. The number of hydrogen-bond acceptors (Lipinski definition) is 6. The summed E-state index contributed by atoms with van der Waals surface area (Å²) in [7, 11) is 0. The van der Waals surface area contributed by atoms with Crippen molar-refractivity contribution in [3.8, 4) is 5.75 Å². The van der Waals surface area contributed by atoms with Crippen molar-refractivity contribution in [3.63, 3.8) is 0 Å². The number of likely N-dealkylation sites (tertiary alicyclic amines) is 1. The fourth-order valence-electron chi connectivity index (χ4n) is 5.75. The Balaban J connectivity index is 1.27. The first-order valence-corrected chi connectivity index (χ1v) is 14.3. The normalized spacial score (nSPS) is 19.5. The van der Waals surface area contributed by atoms with Crippen molar-refractivity contribution in [2.45, 2.75) is 57.1 Å². The van der Waals surface area contributed by atoms with Crippen molar-refractivity contribution in [2.75, 3.05) is 23.3 Å². The van der Waals surface area contributed by atoms with Crippen molar-refractivity contribution in [2.24, 2.45) is 0 Å². The lowest BCUT2D eigenvalue weighted by Gasteiger charge is -2.32. The van der Waals surface area contributed by atoms with Gasteiger partial charge in [0.15, 0.2) is 0 Å². The molecule has 4 heterocycles. The van der Waals surface area contributed by atoms with E-state index in [0.29, 0.717) is 39.9 Å². The molecular weight excluding hydrogens is 514 g/mol. The molecule has 1 unspecified atom stereocenters. The number of aromatic nitrogens is 1. The van der Waals surface area contributed by atoms with E-state index >= 15 is 0 Å². The third kappa shape index (κ3) is 4.96. The number of carbonyl (C=O) groups excluding carboxylic acids is 3. The maximum absolute atomic E-state index is 13.5. The topological polar surface area (TPSA) is 104 Å². The number of anilines is 3. The average molecular weight is 546 g/mol. The van der Waals surface area contributed by atoms with Crippen LogP contribution in [0.15, 0.2) is 49.2 Å². The SMILES string of the molecule is C=CC(=O)N1CCCC(NC(=O)c2sc3nccc4c3c2NC(=O)N4c2cccc(OC3CCCCC3)c2)C1. The highest BCUT2D eigenvalue weighted by Gasteiger charge is 2.34. The first-order valence-electron chi connectivity index (χ1n) is 13.5. The van der Waals surface area contributed by atoms with Gasteiger partial charge in [0.05, 0.1) is 28.6 Å². The molecule has 39 heavy (non-hydrogen) atoms. The Hall–Kier alpha value is -3.92. The van der Waals surface area contributed by atoms with Gasteiger partial charge in [-0.05, 0) is 62.8 Å². The van der Waals surface area contributed by atoms with Gasteiger partial charge in [0.25, 0.3) is 5.91 Å². The Morgan fingerprint density at radius 2 is 2.00 bits per heavy atom. The largest absolute Gasteiger partial charge is 0.490 e. The second kappa shape index (κ2) is 10.7. The molecule has 1 saturated carbocycles. The smallest absolute Gasteiger partial charge is 0.331 e. The minimum Gasteiger partial charge on any atom is -0.490 e. The van der Waals surface area contributed by atoms with Gasteiger partial charge in [-0.3, -0.25) is 14.5 Å². The fraction of sp³-hybridized carbons (Fsp3) is 0.379. The molecule has 1 aliphatic carbocycles. The maximum atomic E-state index is 13.5. The molecule has 1 saturated heterocycles. The summed E-state index contributed by atoms with van der Waals surface area (Å²) in [5.74, 6) is 0.318. The molecule has 0 spiro atoms. The van der Waals surface area contributed by atoms with Gasteiger partial charge in [-0.1, -0.05) is 19.1 Å². The summed E-state index contributed by atoms with van der Waals surface area (Å²) in [6.07, 6.45) is 10.4. The molecule has 3 aliphatic rings. The lowest BCUT2D eigenvalue weighted by molar-refractivity contribution is -0.127. The number of pyridine rings is 1. The van der Waals surface area contributed by atoms with Crippen LogP contribution in [0, 0.1) is 0 Å². The van der Waals surface area contributed by atoms with E-state index in [1.807, 2.05) is 24.3 Å². The van der Waals surface area contributed by atoms with E-state index in [0.717, 1.165) is 36.8 Å². The molecule has 6 rings (SSSR count). The minimum atomic E-state index is -0.349. The summed E-state index contributed by atoms with van der Waals surface area (Å²) in [5, 5.41) is 6.75. The third-order valence-corrected chi connectivity index (χ3v) is 8.72. The number of thiophene rings is 1. The van der Waals surface area contributed by atoms with Crippen LogP contribution < -0.4 is 20.3 Å². The number of rotatable bonds is 6. The molecule has 0 radical (unpaired) electrons. The van der Waals surface area contributed by atoms with Crippen LogP contribution in [0.2, 0.25) is 0 Å². The highest BCUT2D eigenvalue weighted by molar-refractivity contribution is 7.21. The molecule has 2 aliphatic heterocycles. The average Bonchev–Trinajstić information content (AvgIpc) is 3.33. The molecule has 4 amide bonds. The fourth-order valence-corrected chi connectivity index (χ4v) is 6.77. The van der Waals surface area contributed by atoms with Gasteiger partial charge in [-0.15, -0.1) is 11.3 Å². The lowest BCUT2D eigenvalue weighted by atomic mass is 9.98. The lowest BCUT2D eigenvalue weighted by Crippen LogP contribution is -2.49. The molecule has 0 bridgehead atoms. The summed E-state index contributed by atoms with van der Waals surface area (Å²) >= 11 is 1.25. The van der Waals surface area contributed by atoms with E-state index in [1.54, 1.807) is 22.1 Å². The summed E-state index contributed by atoms with van der Waals surface area (Å²) in [4.78, 5) is 47.8. The number of urea groups is 1. The molecule has 202 valence electrons. The second-order valence-electron chi connectivity index (χ2n) is 10.3. The van der Waals surface area contributed by atoms with Gasteiger partial charge in [0.1, 0.15) is 15.5 Å². The molecular formula is C29H31N5O4S. The Labute approximate surface area is 230 Å². The molecule has 1 atom stereocenters. The minimum absolute atomic E-state index is 0.139. The van der Waals surface area contributed by atoms with Crippen molar-refractivity contribution in [1.82, 2.24) is 15.2 Å². The molecule has 9 nitrogen and oxygen atoms in total. The number of piperidine rings is 1. The highest BCUT2D eigenvalue weighted by Crippen LogP contribution is 2.46. The number of amides is 4. The first-order chi connectivity index (χ1) is 19.0. The number of nitrogens with one attached hydrogen (secondary N) is 2. The molecule has 1 aromatic carbocycles. The summed E-state index contributed by atoms with van der Waals surface area (Å²) in [6.45, 7) is 4.64. The van der Waals surface area contributed by atoms with Crippen molar-refractivity contribution in [1.29, 1.82) is 0 Å². The van der Waals surface area contributed by atoms with Gasteiger partial charge in [0, 0.05) is 31.4 Å². The number of carbonyl (C=O) groups is 3. The maximum Gasteiger partial charge on any atom is 0.331 e. The van der Waals surface area contributed by atoms with Gasteiger partial charge >= 0.3 is 6.03 Å². The monoisotopic (exact) mass is 545 g/mol. The van der Waals surface area contributed by atoms with Crippen LogP contribution in [0.25, 0.3) is 10.2 Å². The van der Waals surface area contributed by atoms with Crippen LogP contribution in [-0.2, 0) is 4.79 Å². The summed E-state index contributed by atoms with van der Waals surface area (Å²) < 4.78 is 6.25. The molecule has 2 aromatic heterocycles. The van der Waals surface area contributed by atoms with Crippen LogP contribution >= 0.6 is 11.3 Å². The third-order valence-electron chi connectivity index (χ3n) is 7.63. The van der Waals surface area contributed by atoms with Crippen molar-refractivity contribution < 1.29 is 19.1 Å². The molecule has 2 N–H and O–H groups in total. The second-order valence-corrected chi connectivity index (χ2v) is 11.3. The number of hydrogen-bond donors (Lipinski definition) is 2. The summed E-state index contributed by atoms with van der Waals surface area (Å²) in [5.41, 5.74) is 1.83. The quantitative estimate of drug-likeness (QED) is 0.393. The van der Waals surface area contributed by atoms with Crippen LogP contribution in [0.3, 0.4) is 0 Å². The zero-order valence-electron chi connectivity index (χ0n) is 21.7. The number of nitrogens with zero attached hydrogens (tertiary/aromatic N) is 3. The van der Waals surface area contributed by atoms with Gasteiger partial charge in [-0.25, -0.2) is 9.78 Å². The highest BCUT2D eigenvalue weighted by atomic mass is 32.1. The van der Waals surface area contributed by atoms with E-state index < -0.39 is 0 Å². The molecule has 2 fully saturated rings. The van der Waals surface area contributed by atoms with Crippen LogP contribution in [0.4, 0.5) is 21.9 Å². The van der Waals surface area contributed by atoms with Crippen molar-refractivity contribution in [3.05, 3.63) is 54.1 Å². The number of ether oxygens (including phenoxy) is 1. The predicted molar refractivity (Wildman–Crippen MR) is 152 cm³/mol. The summed E-state index contributed by atoms with van der Waals surface area (Å²) in [6, 6.07) is 8.87. The van der Waals surface area contributed by atoms with E-state index in [9.17, 15) is 14.4 Å². The first kappa shape index (κ1) is 25.4. The standard InChI is InChI=1S/C29H31N5O4S/c1-2-23(35)33-15-7-8-18(17-33)31-27(36)26-25-24-22(13-14-30-28(24)39-26)34(29(37)32-25)19-9-6-12-21(16-19)38-20-10-4-3-5-11-20/h2,6,9,12-14,16,18,20H,1,3-5,7-8,10-11,15,17H2,(H,31,36)(H,32,37). The Bertz CT molecular complexity index is 1450. The predicted octanol–water partition coefficient (Wildman–Crippen LogP) is 5.60. The van der Waals surface area contributed by atoms with E-state index in [4.69, 9.17) is 4.74 Å². The zero-order chi connectivity index (χ0) is 26.9. The van der Waals surface area contributed by atoms with E-state index in [-0.39, 0.29) is 30.0 Å². The zero-order valence-corrected chi connectivity index (χ0v) is 22.5. The van der Waals surface area contributed by atoms with Gasteiger partial charge in [-0.2, -0.15) is 0 Å². The van der Waals surface area contributed by atoms with Crippen LogP contribution in [0.5, 0.6) is 5.75 Å². The van der Waals surface area contributed by atoms with Crippen molar-refractivity contribution >= 4 is 56.5 Å². The van der Waals surface area contributed by atoms with Gasteiger partial charge < -0.3 is 20.3 Å². The molecule has 3 aromatic rings. The van der Waals surface area contributed by atoms with E-state index in [2.05, 4.69) is 22.2 Å². The number of benzene rings is 1. The Morgan fingerprint density at radius 1 is 1.15 bits per heavy atom. The van der Waals surface area contributed by atoms with Crippen LogP contribution in [-0.4, -0.2) is 53.0 Å². The van der Waals surface area contributed by atoms with E-state index in [1.165, 1.54) is 36.7 Å². The molecule has 10 heteroatoms. The Kier molecular flexibility index (Phi) is 6.95.